The quantitative estimate of drug-likeness (QED) is 0.749. The van der Waals surface area contributed by atoms with Crippen LogP contribution in [0.15, 0.2) is 35.6 Å². The van der Waals surface area contributed by atoms with Crippen LogP contribution in [-0.4, -0.2) is 38.3 Å². The molecule has 7 nitrogen and oxygen atoms in total. The van der Waals surface area contributed by atoms with Gasteiger partial charge in [-0.3, -0.25) is 4.99 Å². The van der Waals surface area contributed by atoms with Crippen LogP contribution < -0.4 is 11.1 Å². The van der Waals surface area contributed by atoms with Gasteiger partial charge in [-0.1, -0.05) is 0 Å². The Morgan fingerprint density at radius 2 is 2.19 bits per heavy atom. The lowest BCUT2D eigenvalue weighted by Gasteiger charge is -2.24. The van der Waals surface area contributed by atoms with Gasteiger partial charge in [0.1, 0.15) is 0 Å². The third-order valence-corrected chi connectivity index (χ3v) is 4.27. The molecule has 1 aliphatic rings. The van der Waals surface area contributed by atoms with Gasteiger partial charge in [-0.2, -0.15) is 0 Å². The van der Waals surface area contributed by atoms with Crippen molar-refractivity contribution in [2.75, 3.05) is 12.3 Å². The highest BCUT2D eigenvalue weighted by atomic mass is 19.3. The van der Waals surface area contributed by atoms with E-state index < -0.39 is 6.43 Å². The standard InChI is InChI=1S/C17H17F2N7/c1-9-6-13(21-8-15(18)19)16-12(23-9)3-2-11(24-16)10-4-5-26-14(10)7-22-17(20)25-26/h2-5,7,13,15,21H,6,8H2,1H3,(H2,20,25). The zero-order valence-electron chi connectivity index (χ0n) is 14.0. The summed E-state index contributed by atoms with van der Waals surface area (Å²) in [6.45, 7) is 1.50. The fourth-order valence-electron chi connectivity index (χ4n) is 3.14. The number of anilines is 1. The largest absolute Gasteiger partial charge is 0.367 e. The van der Waals surface area contributed by atoms with Gasteiger partial charge < -0.3 is 11.1 Å². The number of aromatic nitrogens is 4. The lowest BCUT2D eigenvalue weighted by molar-refractivity contribution is 0.141. The maximum atomic E-state index is 12.6. The minimum absolute atomic E-state index is 0.180. The first kappa shape index (κ1) is 16.5. The number of nitrogen functional groups attached to an aromatic ring is 1. The van der Waals surface area contributed by atoms with E-state index in [1.165, 1.54) is 0 Å². The van der Waals surface area contributed by atoms with Crippen molar-refractivity contribution < 1.29 is 8.78 Å². The van der Waals surface area contributed by atoms with Gasteiger partial charge in [0.05, 0.1) is 41.4 Å². The summed E-state index contributed by atoms with van der Waals surface area (Å²) in [5.74, 6) is 0.180. The lowest BCUT2D eigenvalue weighted by atomic mass is 10.0. The molecular formula is C17H17F2N7. The number of hydrogen-bond acceptors (Lipinski definition) is 6. The van der Waals surface area contributed by atoms with E-state index in [-0.39, 0.29) is 18.5 Å². The van der Waals surface area contributed by atoms with Crippen molar-refractivity contribution in [1.82, 2.24) is 24.9 Å². The maximum Gasteiger partial charge on any atom is 0.250 e. The molecular weight excluding hydrogens is 340 g/mol. The first-order chi connectivity index (χ1) is 12.5. The SMILES string of the molecule is CC1=Nc2ccc(-c3ccn4nc(N)ncc34)nc2C(NCC(F)F)C1. The number of alkyl halides is 2. The van der Waals surface area contributed by atoms with Crippen LogP contribution in [0.25, 0.3) is 16.8 Å². The fraction of sp³-hybridized carbons (Fsp3) is 0.294. The number of pyridine rings is 1. The Hall–Kier alpha value is -2.94. The average Bonchev–Trinajstić information content (AvgIpc) is 3.02. The molecule has 0 fully saturated rings. The van der Waals surface area contributed by atoms with Gasteiger partial charge in [0.25, 0.3) is 6.43 Å². The molecule has 26 heavy (non-hydrogen) atoms. The zero-order chi connectivity index (χ0) is 18.3. The number of rotatable bonds is 4. The van der Waals surface area contributed by atoms with Crippen LogP contribution in [0.3, 0.4) is 0 Å². The number of hydrogen-bond donors (Lipinski definition) is 2. The Labute approximate surface area is 148 Å². The highest BCUT2D eigenvalue weighted by Gasteiger charge is 2.24. The van der Waals surface area contributed by atoms with Gasteiger partial charge in [0.15, 0.2) is 0 Å². The van der Waals surface area contributed by atoms with E-state index >= 15 is 0 Å². The number of aliphatic imine (C=N–C) groups is 1. The summed E-state index contributed by atoms with van der Waals surface area (Å²) in [4.78, 5) is 13.2. The molecule has 1 aliphatic heterocycles. The van der Waals surface area contributed by atoms with Crippen LogP contribution in [0.4, 0.5) is 20.4 Å². The first-order valence-electron chi connectivity index (χ1n) is 8.18. The topological polar surface area (TPSA) is 93.5 Å². The predicted octanol–water partition coefficient (Wildman–Crippen LogP) is 2.77. The molecule has 1 unspecified atom stereocenters. The Bertz CT molecular complexity index is 996. The summed E-state index contributed by atoms with van der Waals surface area (Å²) >= 11 is 0. The molecule has 0 bridgehead atoms. The van der Waals surface area contributed by atoms with Crippen LogP contribution in [-0.2, 0) is 0 Å². The first-order valence-corrected chi connectivity index (χ1v) is 8.18. The zero-order valence-corrected chi connectivity index (χ0v) is 14.0. The van der Waals surface area contributed by atoms with E-state index in [0.29, 0.717) is 23.5 Å². The summed E-state index contributed by atoms with van der Waals surface area (Å²) in [7, 11) is 0. The number of nitrogens with two attached hydrogens (primary N) is 1. The van der Waals surface area contributed by atoms with Crippen LogP contribution >= 0.6 is 0 Å². The van der Waals surface area contributed by atoms with Gasteiger partial charge in [-0.05, 0) is 25.1 Å². The smallest absolute Gasteiger partial charge is 0.250 e. The number of nitrogens with one attached hydrogen (secondary N) is 1. The minimum Gasteiger partial charge on any atom is -0.367 e. The summed E-state index contributed by atoms with van der Waals surface area (Å²) in [6, 6.07) is 5.30. The molecule has 0 saturated heterocycles. The molecule has 4 rings (SSSR count). The summed E-state index contributed by atoms with van der Waals surface area (Å²) in [5, 5.41) is 7.01. The molecule has 0 radical (unpaired) electrons. The van der Waals surface area contributed by atoms with E-state index in [1.54, 1.807) is 16.9 Å². The second kappa shape index (κ2) is 6.41. The van der Waals surface area contributed by atoms with Gasteiger partial charge in [0, 0.05) is 23.9 Å². The van der Waals surface area contributed by atoms with Crippen molar-refractivity contribution in [2.24, 2.45) is 4.99 Å². The number of fused-ring (bicyclic) bond motifs is 2. The molecule has 3 aromatic heterocycles. The Kier molecular flexibility index (Phi) is 4.08. The normalized spacial score (nSPS) is 16.8. The summed E-state index contributed by atoms with van der Waals surface area (Å²) < 4.78 is 26.9. The molecule has 0 saturated carbocycles. The minimum atomic E-state index is -2.42. The number of halogens is 2. The van der Waals surface area contributed by atoms with Gasteiger partial charge in [-0.15, -0.1) is 5.10 Å². The molecule has 3 N–H and O–H groups in total. The van der Waals surface area contributed by atoms with Gasteiger partial charge >= 0.3 is 0 Å². The van der Waals surface area contributed by atoms with Gasteiger partial charge in [-0.25, -0.2) is 23.3 Å². The highest BCUT2D eigenvalue weighted by molar-refractivity contribution is 5.88. The van der Waals surface area contributed by atoms with E-state index in [0.717, 1.165) is 16.8 Å². The molecule has 4 heterocycles. The molecule has 1 atom stereocenters. The Balaban J connectivity index is 1.76. The van der Waals surface area contributed by atoms with Crippen molar-refractivity contribution in [2.45, 2.75) is 25.8 Å². The number of nitrogens with zero attached hydrogens (tertiary/aromatic N) is 5. The van der Waals surface area contributed by atoms with Crippen molar-refractivity contribution in [3.05, 3.63) is 36.3 Å². The molecule has 0 spiro atoms. The molecule has 0 amide bonds. The average molecular weight is 357 g/mol. The summed E-state index contributed by atoms with van der Waals surface area (Å²) in [6.07, 6.45) is 1.54. The Morgan fingerprint density at radius 1 is 1.35 bits per heavy atom. The molecule has 0 aliphatic carbocycles. The third-order valence-electron chi connectivity index (χ3n) is 4.27. The van der Waals surface area contributed by atoms with Crippen molar-refractivity contribution >= 4 is 22.9 Å². The Morgan fingerprint density at radius 3 is 3.00 bits per heavy atom. The van der Waals surface area contributed by atoms with Crippen LogP contribution in [0.5, 0.6) is 0 Å². The monoisotopic (exact) mass is 357 g/mol. The van der Waals surface area contributed by atoms with Gasteiger partial charge in [0.2, 0.25) is 5.95 Å². The fourth-order valence-corrected chi connectivity index (χ4v) is 3.14. The molecule has 134 valence electrons. The van der Waals surface area contributed by atoms with Crippen molar-refractivity contribution in [1.29, 1.82) is 0 Å². The lowest BCUT2D eigenvalue weighted by Crippen LogP contribution is -2.30. The van der Waals surface area contributed by atoms with E-state index in [4.69, 9.17) is 10.7 Å². The molecule has 9 heteroatoms. The maximum absolute atomic E-state index is 12.6. The second-order valence-corrected chi connectivity index (χ2v) is 6.18. The van der Waals surface area contributed by atoms with Crippen LogP contribution in [0.1, 0.15) is 25.1 Å². The highest BCUT2D eigenvalue weighted by Crippen LogP contribution is 2.34. The molecule has 0 aromatic carbocycles. The van der Waals surface area contributed by atoms with Crippen molar-refractivity contribution in [3.63, 3.8) is 0 Å². The predicted molar refractivity (Wildman–Crippen MR) is 94.8 cm³/mol. The summed E-state index contributed by atoms with van der Waals surface area (Å²) in [5.41, 5.74) is 10.2. The third kappa shape index (κ3) is 3.01. The van der Waals surface area contributed by atoms with E-state index in [2.05, 4.69) is 20.4 Å². The van der Waals surface area contributed by atoms with E-state index in [9.17, 15) is 8.78 Å². The van der Waals surface area contributed by atoms with Crippen LogP contribution in [0.2, 0.25) is 0 Å². The molecule has 3 aromatic rings. The van der Waals surface area contributed by atoms with Crippen molar-refractivity contribution in [3.8, 4) is 11.3 Å². The van der Waals surface area contributed by atoms with E-state index in [1.807, 2.05) is 25.1 Å². The second-order valence-electron chi connectivity index (χ2n) is 6.18. The van der Waals surface area contributed by atoms with Crippen LogP contribution in [0, 0.1) is 0 Å².